The van der Waals surface area contributed by atoms with Crippen molar-refractivity contribution in [2.45, 2.75) is 70.1 Å². The molecule has 0 aromatic carbocycles. The van der Waals surface area contributed by atoms with Gasteiger partial charge in [0.2, 0.25) is 0 Å². The molecule has 0 amide bonds. The number of ketones is 1. The second-order valence-corrected chi connectivity index (χ2v) is 9.45. The molecule has 2 fully saturated rings. The molecule has 4 rings (SSSR count). The van der Waals surface area contributed by atoms with E-state index in [0.717, 1.165) is 43.0 Å². The van der Waals surface area contributed by atoms with E-state index in [9.17, 15) is 4.79 Å². The number of hydrogen-bond acceptors (Lipinski definition) is 4. The van der Waals surface area contributed by atoms with Gasteiger partial charge in [-0.3, -0.25) is 0 Å². The summed E-state index contributed by atoms with van der Waals surface area (Å²) in [5.41, 5.74) is 1.33. The lowest BCUT2D eigenvalue weighted by Gasteiger charge is -2.48. The Morgan fingerprint density at radius 3 is 2.96 bits per heavy atom. The molecule has 0 radical (unpaired) electrons. The number of rotatable bonds is 3. The van der Waals surface area contributed by atoms with Gasteiger partial charge in [-0.25, -0.2) is 0 Å². The SMILES string of the molecule is CC(=O)CC1(C2CC3(CC(C)N2)OCCc2cc(Cl)sc23)CC1. The van der Waals surface area contributed by atoms with Gasteiger partial charge in [0.15, 0.2) is 0 Å². The Morgan fingerprint density at radius 2 is 2.26 bits per heavy atom. The summed E-state index contributed by atoms with van der Waals surface area (Å²) < 4.78 is 7.27. The lowest BCUT2D eigenvalue weighted by Crippen LogP contribution is -2.56. The lowest BCUT2D eigenvalue weighted by molar-refractivity contribution is -0.121. The van der Waals surface area contributed by atoms with Gasteiger partial charge in [0.1, 0.15) is 11.4 Å². The number of Topliss-reactive ketones (excluding diaryl/α,β-unsaturated/α-hetero) is 1. The van der Waals surface area contributed by atoms with Crippen LogP contribution in [-0.2, 0) is 21.6 Å². The number of halogens is 1. The van der Waals surface area contributed by atoms with Crippen LogP contribution in [0.5, 0.6) is 0 Å². The van der Waals surface area contributed by atoms with Crippen LogP contribution in [-0.4, -0.2) is 24.5 Å². The van der Waals surface area contributed by atoms with Crippen molar-refractivity contribution in [3.05, 3.63) is 20.8 Å². The molecule has 1 aromatic heterocycles. The van der Waals surface area contributed by atoms with Crippen molar-refractivity contribution in [2.75, 3.05) is 6.61 Å². The fourth-order valence-corrected chi connectivity index (χ4v) is 6.22. The maximum absolute atomic E-state index is 11.7. The normalized spacial score (nSPS) is 35.1. The molecule has 5 heteroatoms. The summed E-state index contributed by atoms with van der Waals surface area (Å²) in [7, 11) is 0. The topological polar surface area (TPSA) is 38.3 Å². The minimum absolute atomic E-state index is 0.162. The number of piperidine rings is 1. The molecule has 1 saturated heterocycles. The maximum Gasteiger partial charge on any atom is 0.130 e. The molecule has 1 saturated carbocycles. The third-order valence-electron chi connectivity index (χ3n) is 5.83. The van der Waals surface area contributed by atoms with Gasteiger partial charge in [-0.05, 0) is 63.0 Å². The Kier molecular flexibility index (Phi) is 3.88. The van der Waals surface area contributed by atoms with Gasteiger partial charge < -0.3 is 14.8 Å². The molecule has 23 heavy (non-hydrogen) atoms. The predicted octanol–water partition coefficient (Wildman–Crippen LogP) is 4.07. The number of nitrogens with one attached hydrogen (secondary N) is 1. The fraction of sp³-hybridized carbons (Fsp3) is 0.722. The Bertz CT molecular complexity index is 639. The van der Waals surface area contributed by atoms with Crippen molar-refractivity contribution in [3.8, 4) is 0 Å². The largest absolute Gasteiger partial charge is 0.369 e. The highest BCUT2D eigenvalue weighted by atomic mass is 35.5. The Morgan fingerprint density at radius 1 is 1.48 bits per heavy atom. The van der Waals surface area contributed by atoms with E-state index in [1.165, 1.54) is 10.4 Å². The average molecular weight is 354 g/mol. The zero-order valence-corrected chi connectivity index (χ0v) is 15.4. The van der Waals surface area contributed by atoms with Crippen LogP contribution < -0.4 is 5.32 Å². The van der Waals surface area contributed by atoms with Crippen molar-refractivity contribution in [2.24, 2.45) is 5.41 Å². The van der Waals surface area contributed by atoms with Crippen LogP contribution in [0.15, 0.2) is 6.07 Å². The van der Waals surface area contributed by atoms with Crippen LogP contribution in [0, 0.1) is 5.41 Å². The van der Waals surface area contributed by atoms with Gasteiger partial charge >= 0.3 is 0 Å². The van der Waals surface area contributed by atoms with Crippen molar-refractivity contribution >= 4 is 28.7 Å². The molecule has 126 valence electrons. The average Bonchev–Trinajstić information content (AvgIpc) is 3.12. The maximum atomic E-state index is 11.7. The molecular weight excluding hydrogens is 330 g/mol. The van der Waals surface area contributed by atoms with Crippen LogP contribution in [0.25, 0.3) is 0 Å². The molecule has 1 aromatic rings. The van der Waals surface area contributed by atoms with Crippen molar-refractivity contribution in [1.29, 1.82) is 0 Å². The Balaban J connectivity index is 1.67. The molecule has 3 atom stereocenters. The van der Waals surface area contributed by atoms with Crippen molar-refractivity contribution in [3.63, 3.8) is 0 Å². The molecular formula is C18H24ClNO2S. The second-order valence-electron chi connectivity index (χ2n) is 7.77. The van der Waals surface area contributed by atoms with Crippen LogP contribution in [0.1, 0.15) is 56.4 Å². The summed E-state index contributed by atoms with van der Waals surface area (Å²) in [6.45, 7) is 4.74. The van der Waals surface area contributed by atoms with Gasteiger partial charge in [0.05, 0.1) is 10.9 Å². The van der Waals surface area contributed by atoms with E-state index in [2.05, 4.69) is 18.3 Å². The fourth-order valence-electron chi connectivity index (χ4n) is 4.76. The van der Waals surface area contributed by atoms with Crippen LogP contribution in [0.4, 0.5) is 0 Å². The molecule has 3 heterocycles. The molecule has 3 unspecified atom stereocenters. The number of ether oxygens (including phenoxy) is 1. The summed E-state index contributed by atoms with van der Waals surface area (Å²) >= 11 is 7.99. The second kappa shape index (κ2) is 5.55. The minimum Gasteiger partial charge on any atom is -0.369 e. The van der Waals surface area contributed by atoms with Crippen molar-refractivity contribution < 1.29 is 9.53 Å². The number of carbonyl (C=O) groups excluding carboxylic acids is 1. The number of fused-ring (bicyclic) bond motifs is 2. The molecule has 1 spiro atoms. The highest BCUT2D eigenvalue weighted by molar-refractivity contribution is 7.16. The first-order valence-corrected chi connectivity index (χ1v) is 9.80. The molecule has 3 nitrogen and oxygen atoms in total. The molecule has 3 aliphatic rings. The van der Waals surface area contributed by atoms with Crippen LogP contribution >= 0.6 is 22.9 Å². The lowest BCUT2D eigenvalue weighted by atomic mass is 9.74. The third kappa shape index (κ3) is 2.78. The van der Waals surface area contributed by atoms with Crippen molar-refractivity contribution in [1.82, 2.24) is 5.32 Å². The van der Waals surface area contributed by atoms with Gasteiger partial charge in [0, 0.05) is 23.4 Å². The van der Waals surface area contributed by atoms with E-state index in [1.54, 1.807) is 18.3 Å². The smallest absolute Gasteiger partial charge is 0.130 e. The van der Waals surface area contributed by atoms with E-state index < -0.39 is 0 Å². The highest BCUT2D eigenvalue weighted by Gasteiger charge is 2.56. The predicted molar refractivity (Wildman–Crippen MR) is 93.2 cm³/mol. The summed E-state index contributed by atoms with van der Waals surface area (Å²) in [5, 5.41) is 3.77. The summed E-state index contributed by atoms with van der Waals surface area (Å²) in [6.07, 6.45) is 5.94. The van der Waals surface area contributed by atoms with Gasteiger partial charge in [-0.15, -0.1) is 11.3 Å². The highest BCUT2D eigenvalue weighted by Crippen LogP contribution is 2.57. The summed E-state index contributed by atoms with van der Waals surface area (Å²) in [6, 6.07) is 2.88. The zero-order chi connectivity index (χ0) is 16.2. The first kappa shape index (κ1) is 16.1. The number of carbonyl (C=O) groups is 1. The first-order valence-electron chi connectivity index (χ1n) is 8.61. The van der Waals surface area contributed by atoms with Crippen LogP contribution in [0.3, 0.4) is 0 Å². The van der Waals surface area contributed by atoms with Gasteiger partial charge in [-0.2, -0.15) is 0 Å². The third-order valence-corrected chi connectivity index (χ3v) is 7.32. The standard InChI is InChI=1S/C18H24ClNO2S/c1-11-8-18(16-13(3-6-22-18)7-15(19)23-16)10-14(20-11)17(4-5-17)9-12(2)21/h7,11,14,20H,3-6,8-10H2,1-2H3. The van der Waals surface area contributed by atoms with Gasteiger partial charge in [-0.1, -0.05) is 11.6 Å². The van der Waals surface area contributed by atoms with E-state index in [1.807, 2.05) is 0 Å². The van der Waals surface area contributed by atoms with E-state index in [4.69, 9.17) is 16.3 Å². The van der Waals surface area contributed by atoms with Crippen LogP contribution in [0.2, 0.25) is 4.34 Å². The number of hydrogen-bond donors (Lipinski definition) is 1. The molecule has 2 aliphatic heterocycles. The van der Waals surface area contributed by atoms with E-state index in [0.29, 0.717) is 24.3 Å². The number of thiophene rings is 1. The minimum atomic E-state index is -0.201. The monoisotopic (exact) mass is 353 g/mol. The summed E-state index contributed by atoms with van der Waals surface area (Å²) in [4.78, 5) is 13.1. The molecule has 0 bridgehead atoms. The Labute approximate surface area is 146 Å². The molecule has 1 N–H and O–H groups in total. The zero-order valence-electron chi connectivity index (χ0n) is 13.8. The first-order chi connectivity index (χ1) is 10.9. The molecule has 1 aliphatic carbocycles. The Hall–Kier alpha value is -0.420. The summed E-state index contributed by atoms with van der Waals surface area (Å²) in [5.74, 6) is 0.306. The van der Waals surface area contributed by atoms with E-state index >= 15 is 0 Å². The van der Waals surface area contributed by atoms with E-state index in [-0.39, 0.29) is 11.0 Å². The quantitative estimate of drug-likeness (QED) is 0.890. The van der Waals surface area contributed by atoms with Gasteiger partial charge in [0.25, 0.3) is 0 Å².